The Labute approximate surface area is 148 Å². The minimum absolute atomic E-state index is 0.0996. The van der Waals surface area contributed by atoms with Gasteiger partial charge >= 0.3 is 5.97 Å². The van der Waals surface area contributed by atoms with Crippen LogP contribution in [0.15, 0.2) is 24.3 Å². The zero-order valence-electron chi connectivity index (χ0n) is 15.1. The predicted molar refractivity (Wildman–Crippen MR) is 93.8 cm³/mol. The Bertz CT molecular complexity index is 601. The van der Waals surface area contributed by atoms with E-state index in [9.17, 15) is 9.59 Å². The van der Waals surface area contributed by atoms with Gasteiger partial charge in [0.1, 0.15) is 5.75 Å². The molecule has 2 unspecified atom stereocenters. The molecule has 1 heterocycles. The molecule has 2 rings (SSSR count). The van der Waals surface area contributed by atoms with E-state index < -0.39 is 18.2 Å². The summed E-state index contributed by atoms with van der Waals surface area (Å²) in [6, 6.07) is 7.76. The molecule has 0 aromatic heterocycles. The number of benzene rings is 1. The van der Waals surface area contributed by atoms with Crippen LogP contribution in [0.3, 0.4) is 0 Å². The smallest absolute Gasteiger partial charge is 0.306 e. The molecule has 2 atom stereocenters. The van der Waals surface area contributed by atoms with E-state index in [0.717, 1.165) is 11.3 Å². The number of ether oxygens (including phenoxy) is 2. The SMILES string of the molecule is CCC(Oc1ccccc1C(C)C)C(=O)N1CCOC(CC(=O)O)C1. The van der Waals surface area contributed by atoms with Gasteiger partial charge in [-0.05, 0) is 24.0 Å². The zero-order valence-corrected chi connectivity index (χ0v) is 15.1. The standard InChI is InChI=1S/C19H27NO5/c1-4-16(25-17-8-6-5-7-15(17)13(2)3)19(23)20-9-10-24-14(12-20)11-18(21)22/h5-8,13-14,16H,4,9-12H2,1-3H3,(H,21,22). The van der Waals surface area contributed by atoms with Crippen LogP contribution in [-0.4, -0.2) is 53.8 Å². The molecule has 1 N–H and O–H groups in total. The highest BCUT2D eigenvalue weighted by molar-refractivity contribution is 5.81. The topological polar surface area (TPSA) is 76.1 Å². The Kier molecular flexibility index (Phi) is 6.82. The third-order valence-corrected chi connectivity index (χ3v) is 4.31. The number of morpholine rings is 1. The van der Waals surface area contributed by atoms with Crippen molar-refractivity contribution < 1.29 is 24.2 Å². The molecule has 1 amide bonds. The molecule has 1 saturated heterocycles. The van der Waals surface area contributed by atoms with E-state index in [1.165, 1.54) is 0 Å². The molecule has 0 saturated carbocycles. The molecule has 138 valence electrons. The normalized spacial score (nSPS) is 18.9. The first-order chi connectivity index (χ1) is 11.9. The Morgan fingerprint density at radius 2 is 2.08 bits per heavy atom. The molecule has 0 aliphatic carbocycles. The van der Waals surface area contributed by atoms with Gasteiger partial charge in [-0.2, -0.15) is 0 Å². The van der Waals surface area contributed by atoms with E-state index in [4.69, 9.17) is 14.6 Å². The second kappa shape index (κ2) is 8.85. The van der Waals surface area contributed by atoms with Crippen LogP contribution in [0.4, 0.5) is 0 Å². The van der Waals surface area contributed by atoms with Crippen molar-refractivity contribution in [2.24, 2.45) is 0 Å². The third kappa shape index (κ3) is 5.19. The Morgan fingerprint density at radius 1 is 1.36 bits per heavy atom. The van der Waals surface area contributed by atoms with Crippen molar-refractivity contribution in [1.82, 2.24) is 4.90 Å². The van der Waals surface area contributed by atoms with Crippen molar-refractivity contribution in [3.8, 4) is 5.75 Å². The van der Waals surface area contributed by atoms with E-state index >= 15 is 0 Å². The largest absolute Gasteiger partial charge is 0.481 e. The molecular weight excluding hydrogens is 322 g/mol. The lowest BCUT2D eigenvalue weighted by molar-refractivity contribution is -0.151. The average molecular weight is 349 g/mol. The zero-order chi connectivity index (χ0) is 18.4. The number of amides is 1. The fraction of sp³-hybridized carbons (Fsp3) is 0.579. The van der Waals surface area contributed by atoms with Gasteiger partial charge in [0.2, 0.25) is 0 Å². The summed E-state index contributed by atoms with van der Waals surface area (Å²) in [5, 5.41) is 8.92. The van der Waals surface area contributed by atoms with Gasteiger partial charge in [-0.1, -0.05) is 39.0 Å². The molecule has 0 spiro atoms. The van der Waals surface area contributed by atoms with Crippen molar-refractivity contribution in [3.05, 3.63) is 29.8 Å². The van der Waals surface area contributed by atoms with Crippen LogP contribution in [-0.2, 0) is 14.3 Å². The Hall–Kier alpha value is -2.08. The van der Waals surface area contributed by atoms with Crippen molar-refractivity contribution >= 4 is 11.9 Å². The first kappa shape index (κ1) is 19.2. The number of carboxylic acid groups (broad SMARTS) is 1. The van der Waals surface area contributed by atoms with Gasteiger partial charge in [0, 0.05) is 13.1 Å². The quantitative estimate of drug-likeness (QED) is 0.819. The Morgan fingerprint density at radius 3 is 2.72 bits per heavy atom. The Balaban J connectivity index is 2.07. The molecule has 0 bridgehead atoms. The monoisotopic (exact) mass is 349 g/mol. The molecule has 6 nitrogen and oxygen atoms in total. The van der Waals surface area contributed by atoms with Gasteiger partial charge in [-0.15, -0.1) is 0 Å². The number of nitrogens with zero attached hydrogens (tertiary/aromatic N) is 1. The van der Waals surface area contributed by atoms with Gasteiger partial charge in [0.05, 0.1) is 19.1 Å². The fourth-order valence-electron chi connectivity index (χ4n) is 2.97. The first-order valence-corrected chi connectivity index (χ1v) is 8.80. The predicted octanol–water partition coefficient (Wildman–Crippen LogP) is 2.67. The number of hydrogen-bond acceptors (Lipinski definition) is 4. The highest BCUT2D eigenvalue weighted by Crippen LogP contribution is 2.27. The maximum absolute atomic E-state index is 12.8. The molecule has 1 aliphatic rings. The summed E-state index contributed by atoms with van der Waals surface area (Å²) >= 11 is 0. The maximum Gasteiger partial charge on any atom is 0.306 e. The lowest BCUT2D eigenvalue weighted by Gasteiger charge is -2.34. The minimum Gasteiger partial charge on any atom is -0.481 e. The molecule has 1 aromatic carbocycles. The van der Waals surface area contributed by atoms with Crippen LogP contribution >= 0.6 is 0 Å². The summed E-state index contributed by atoms with van der Waals surface area (Å²) in [4.78, 5) is 25.4. The summed E-state index contributed by atoms with van der Waals surface area (Å²) in [7, 11) is 0. The van der Waals surface area contributed by atoms with Gasteiger partial charge in [0.25, 0.3) is 5.91 Å². The van der Waals surface area contributed by atoms with E-state index in [2.05, 4.69) is 13.8 Å². The first-order valence-electron chi connectivity index (χ1n) is 8.80. The van der Waals surface area contributed by atoms with Crippen LogP contribution in [0.25, 0.3) is 0 Å². The molecule has 6 heteroatoms. The second-order valence-corrected chi connectivity index (χ2v) is 6.58. The van der Waals surface area contributed by atoms with Crippen molar-refractivity contribution in [2.75, 3.05) is 19.7 Å². The second-order valence-electron chi connectivity index (χ2n) is 6.58. The number of carbonyl (C=O) groups is 2. The number of aliphatic carboxylic acids is 1. The van der Waals surface area contributed by atoms with Gasteiger partial charge in [-0.25, -0.2) is 0 Å². The van der Waals surface area contributed by atoms with E-state index in [1.54, 1.807) is 4.90 Å². The number of para-hydroxylation sites is 1. The molecule has 0 radical (unpaired) electrons. The highest BCUT2D eigenvalue weighted by atomic mass is 16.5. The summed E-state index contributed by atoms with van der Waals surface area (Å²) < 4.78 is 11.5. The van der Waals surface area contributed by atoms with E-state index in [-0.39, 0.29) is 18.9 Å². The summed E-state index contributed by atoms with van der Waals surface area (Å²) in [6.07, 6.45) is -0.594. The average Bonchev–Trinajstić information content (AvgIpc) is 2.59. The van der Waals surface area contributed by atoms with Gasteiger partial charge in [0.15, 0.2) is 6.10 Å². The van der Waals surface area contributed by atoms with Crippen LogP contribution in [0, 0.1) is 0 Å². The molecule has 25 heavy (non-hydrogen) atoms. The fourth-order valence-corrected chi connectivity index (χ4v) is 2.97. The lowest BCUT2D eigenvalue weighted by Crippen LogP contribution is -2.50. The molecule has 1 fully saturated rings. The minimum atomic E-state index is -0.923. The van der Waals surface area contributed by atoms with Gasteiger partial charge < -0.3 is 19.5 Å². The van der Waals surface area contributed by atoms with Crippen LogP contribution < -0.4 is 4.74 Å². The van der Waals surface area contributed by atoms with Crippen LogP contribution in [0.2, 0.25) is 0 Å². The summed E-state index contributed by atoms with van der Waals surface area (Å²) in [6.45, 7) is 7.18. The van der Waals surface area contributed by atoms with Crippen LogP contribution in [0.5, 0.6) is 5.75 Å². The summed E-state index contributed by atoms with van der Waals surface area (Å²) in [5.74, 6) is -0.00612. The van der Waals surface area contributed by atoms with Crippen molar-refractivity contribution in [3.63, 3.8) is 0 Å². The number of carbonyl (C=O) groups excluding carboxylic acids is 1. The molecular formula is C19H27NO5. The third-order valence-electron chi connectivity index (χ3n) is 4.31. The maximum atomic E-state index is 12.8. The van der Waals surface area contributed by atoms with Crippen LogP contribution in [0.1, 0.15) is 45.1 Å². The van der Waals surface area contributed by atoms with Gasteiger partial charge in [-0.3, -0.25) is 9.59 Å². The van der Waals surface area contributed by atoms with Crippen molar-refractivity contribution in [2.45, 2.75) is 51.7 Å². The van der Waals surface area contributed by atoms with E-state index in [0.29, 0.717) is 25.5 Å². The number of hydrogen-bond donors (Lipinski definition) is 1. The molecule has 1 aliphatic heterocycles. The number of rotatable bonds is 7. The lowest BCUT2D eigenvalue weighted by atomic mass is 10.0. The summed E-state index contributed by atoms with van der Waals surface area (Å²) in [5.41, 5.74) is 1.07. The highest BCUT2D eigenvalue weighted by Gasteiger charge is 2.31. The molecule has 1 aromatic rings. The number of carboxylic acids is 1. The van der Waals surface area contributed by atoms with E-state index in [1.807, 2.05) is 31.2 Å². The van der Waals surface area contributed by atoms with Crippen molar-refractivity contribution in [1.29, 1.82) is 0 Å².